The number of nitrogens with two attached hydrogens (primary N) is 1. The summed E-state index contributed by atoms with van der Waals surface area (Å²) >= 11 is 6.07. The zero-order valence-corrected chi connectivity index (χ0v) is 12.8. The van der Waals surface area contributed by atoms with Crippen molar-refractivity contribution in [3.05, 3.63) is 59.1 Å². The molecule has 1 aliphatic rings. The molecule has 0 spiro atoms. The molecule has 0 aliphatic carbocycles. The molecule has 4 heteroatoms. The van der Waals surface area contributed by atoms with Crippen LogP contribution in [0.1, 0.15) is 5.56 Å². The number of hydrogen-bond acceptors (Lipinski definition) is 3. The SMILES string of the molecule is Nc1ccc(CN2CCN(c3cccc(Cl)c3)CC2)cc1. The molecule has 0 unspecified atom stereocenters. The number of benzene rings is 2. The Balaban J connectivity index is 1.56. The van der Waals surface area contributed by atoms with Crippen molar-refractivity contribution >= 4 is 23.0 Å². The number of rotatable bonds is 3. The third kappa shape index (κ3) is 3.69. The fourth-order valence-electron chi connectivity index (χ4n) is 2.72. The van der Waals surface area contributed by atoms with Crippen molar-refractivity contribution in [2.75, 3.05) is 36.8 Å². The summed E-state index contributed by atoms with van der Waals surface area (Å²) in [7, 11) is 0. The van der Waals surface area contributed by atoms with Gasteiger partial charge in [-0.25, -0.2) is 0 Å². The molecule has 0 atom stereocenters. The maximum Gasteiger partial charge on any atom is 0.0426 e. The molecule has 0 aromatic heterocycles. The summed E-state index contributed by atoms with van der Waals surface area (Å²) in [5, 5.41) is 0.803. The first-order valence-corrected chi connectivity index (χ1v) is 7.66. The van der Waals surface area contributed by atoms with Gasteiger partial charge in [0.2, 0.25) is 0 Å². The molecule has 2 N–H and O–H groups in total. The zero-order valence-electron chi connectivity index (χ0n) is 12.0. The number of anilines is 2. The largest absolute Gasteiger partial charge is 0.399 e. The predicted octanol–water partition coefficient (Wildman–Crippen LogP) is 3.24. The highest BCUT2D eigenvalue weighted by Crippen LogP contribution is 2.21. The Bertz CT molecular complexity index is 589. The van der Waals surface area contributed by atoms with Gasteiger partial charge in [0.25, 0.3) is 0 Å². The molecule has 3 rings (SSSR count). The van der Waals surface area contributed by atoms with Crippen molar-refractivity contribution in [3.8, 4) is 0 Å². The summed E-state index contributed by atoms with van der Waals surface area (Å²) in [6, 6.07) is 16.3. The van der Waals surface area contributed by atoms with Crippen LogP contribution in [0.15, 0.2) is 48.5 Å². The minimum absolute atomic E-state index is 0.803. The van der Waals surface area contributed by atoms with E-state index in [9.17, 15) is 0 Å². The predicted molar refractivity (Wildman–Crippen MR) is 89.8 cm³/mol. The number of nitrogen functional groups attached to an aromatic ring is 1. The molecule has 0 radical (unpaired) electrons. The van der Waals surface area contributed by atoms with Crippen molar-refractivity contribution in [1.82, 2.24) is 4.90 Å². The summed E-state index contributed by atoms with van der Waals surface area (Å²) < 4.78 is 0. The standard InChI is InChI=1S/C17H20ClN3/c18-15-2-1-3-17(12-15)21-10-8-20(9-11-21)13-14-4-6-16(19)7-5-14/h1-7,12H,8-11,13,19H2. The molecule has 2 aromatic carbocycles. The molecule has 3 nitrogen and oxygen atoms in total. The van der Waals surface area contributed by atoms with Gasteiger partial charge in [-0.2, -0.15) is 0 Å². The topological polar surface area (TPSA) is 32.5 Å². The maximum atomic E-state index is 6.07. The van der Waals surface area contributed by atoms with Crippen LogP contribution in [0.3, 0.4) is 0 Å². The van der Waals surface area contributed by atoms with Gasteiger partial charge in [0, 0.05) is 49.1 Å². The fourth-order valence-corrected chi connectivity index (χ4v) is 2.90. The molecule has 0 bridgehead atoms. The van der Waals surface area contributed by atoms with Crippen molar-refractivity contribution < 1.29 is 0 Å². The maximum absolute atomic E-state index is 6.07. The van der Waals surface area contributed by atoms with Crippen molar-refractivity contribution in [1.29, 1.82) is 0 Å². The Morgan fingerprint density at radius 3 is 2.33 bits per heavy atom. The molecule has 1 saturated heterocycles. The first kappa shape index (κ1) is 14.2. The molecular formula is C17H20ClN3. The number of nitrogens with zero attached hydrogens (tertiary/aromatic N) is 2. The van der Waals surface area contributed by atoms with E-state index in [2.05, 4.69) is 28.0 Å². The van der Waals surface area contributed by atoms with Gasteiger partial charge < -0.3 is 10.6 Å². The lowest BCUT2D eigenvalue weighted by Crippen LogP contribution is -2.45. The summed E-state index contributed by atoms with van der Waals surface area (Å²) in [6.07, 6.45) is 0. The molecule has 1 aliphatic heterocycles. The molecule has 2 aromatic rings. The number of hydrogen-bond donors (Lipinski definition) is 1. The van der Waals surface area contributed by atoms with Gasteiger partial charge in [-0.15, -0.1) is 0 Å². The van der Waals surface area contributed by atoms with E-state index in [1.54, 1.807) is 0 Å². The lowest BCUT2D eigenvalue weighted by atomic mass is 10.1. The van der Waals surface area contributed by atoms with Crippen LogP contribution in [0, 0.1) is 0 Å². The lowest BCUT2D eigenvalue weighted by molar-refractivity contribution is 0.250. The zero-order chi connectivity index (χ0) is 14.7. The van der Waals surface area contributed by atoms with E-state index in [1.807, 2.05) is 30.3 Å². The van der Waals surface area contributed by atoms with Gasteiger partial charge in [-0.3, -0.25) is 4.90 Å². The van der Waals surface area contributed by atoms with Gasteiger partial charge in [0.1, 0.15) is 0 Å². The summed E-state index contributed by atoms with van der Waals surface area (Å²) in [4.78, 5) is 4.87. The van der Waals surface area contributed by atoms with Crippen molar-refractivity contribution in [2.45, 2.75) is 6.54 Å². The Morgan fingerprint density at radius 2 is 1.67 bits per heavy atom. The molecule has 0 saturated carbocycles. The smallest absolute Gasteiger partial charge is 0.0426 e. The highest BCUT2D eigenvalue weighted by molar-refractivity contribution is 6.30. The normalized spacial score (nSPS) is 16.1. The van der Waals surface area contributed by atoms with Crippen molar-refractivity contribution in [2.24, 2.45) is 0 Å². The van der Waals surface area contributed by atoms with E-state index in [-0.39, 0.29) is 0 Å². The Hall–Kier alpha value is -1.71. The van der Waals surface area contributed by atoms with Crippen LogP contribution in [-0.2, 0) is 6.54 Å². The van der Waals surface area contributed by atoms with Crippen LogP contribution in [0.2, 0.25) is 5.02 Å². The van der Waals surface area contributed by atoms with E-state index in [0.29, 0.717) is 0 Å². The van der Waals surface area contributed by atoms with Crippen LogP contribution in [0.5, 0.6) is 0 Å². The van der Waals surface area contributed by atoms with Gasteiger partial charge >= 0.3 is 0 Å². The van der Waals surface area contributed by atoms with Crippen LogP contribution < -0.4 is 10.6 Å². The van der Waals surface area contributed by atoms with E-state index >= 15 is 0 Å². The highest BCUT2D eigenvalue weighted by Gasteiger charge is 2.17. The third-order valence-electron chi connectivity index (χ3n) is 3.93. The second-order valence-corrected chi connectivity index (χ2v) is 5.92. The van der Waals surface area contributed by atoms with E-state index in [4.69, 9.17) is 17.3 Å². The van der Waals surface area contributed by atoms with Crippen LogP contribution >= 0.6 is 11.6 Å². The molecule has 1 heterocycles. The van der Waals surface area contributed by atoms with Crippen LogP contribution in [-0.4, -0.2) is 31.1 Å². The van der Waals surface area contributed by atoms with Gasteiger partial charge in [0.05, 0.1) is 0 Å². The Labute approximate surface area is 130 Å². The second kappa shape index (κ2) is 6.37. The third-order valence-corrected chi connectivity index (χ3v) is 4.17. The fraction of sp³-hybridized carbons (Fsp3) is 0.294. The van der Waals surface area contributed by atoms with Gasteiger partial charge in [-0.05, 0) is 35.9 Å². The minimum atomic E-state index is 0.803. The highest BCUT2D eigenvalue weighted by atomic mass is 35.5. The van der Waals surface area contributed by atoms with E-state index < -0.39 is 0 Å². The van der Waals surface area contributed by atoms with Crippen LogP contribution in [0.4, 0.5) is 11.4 Å². The van der Waals surface area contributed by atoms with E-state index in [1.165, 1.54) is 11.3 Å². The molecule has 110 valence electrons. The number of halogens is 1. The summed E-state index contributed by atoms with van der Waals surface area (Å²) in [5.41, 5.74) is 9.08. The molecule has 21 heavy (non-hydrogen) atoms. The molecular weight excluding hydrogens is 282 g/mol. The molecule has 0 amide bonds. The van der Waals surface area contributed by atoms with Crippen LogP contribution in [0.25, 0.3) is 0 Å². The Kier molecular flexibility index (Phi) is 4.32. The Morgan fingerprint density at radius 1 is 0.952 bits per heavy atom. The first-order chi connectivity index (χ1) is 10.2. The minimum Gasteiger partial charge on any atom is -0.399 e. The average Bonchev–Trinajstić information content (AvgIpc) is 2.50. The molecule has 1 fully saturated rings. The second-order valence-electron chi connectivity index (χ2n) is 5.48. The quantitative estimate of drug-likeness (QED) is 0.883. The number of piperazine rings is 1. The lowest BCUT2D eigenvalue weighted by Gasteiger charge is -2.36. The summed E-state index contributed by atoms with van der Waals surface area (Å²) in [6.45, 7) is 5.20. The first-order valence-electron chi connectivity index (χ1n) is 7.28. The monoisotopic (exact) mass is 301 g/mol. The summed E-state index contributed by atoms with van der Waals surface area (Å²) in [5.74, 6) is 0. The average molecular weight is 302 g/mol. The van der Waals surface area contributed by atoms with E-state index in [0.717, 1.165) is 43.4 Å². The van der Waals surface area contributed by atoms with Gasteiger partial charge in [0.15, 0.2) is 0 Å². The van der Waals surface area contributed by atoms with Gasteiger partial charge in [-0.1, -0.05) is 29.8 Å². The van der Waals surface area contributed by atoms with Crippen molar-refractivity contribution in [3.63, 3.8) is 0 Å².